The first-order valence-electron chi connectivity index (χ1n) is 7.89. The summed E-state index contributed by atoms with van der Waals surface area (Å²) < 4.78 is 30.1. The quantitative estimate of drug-likeness (QED) is 0.843. The molecule has 0 bridgehead atoms. The highest BCUT2D eigenvalue weighted by atomic mass is 32.2. The zero-order chi connectivity index (χ0) is 17.9. The highest BCUT2D eigenvalue weighted by Gasteiger charge is 2.26. The monoisotopic (exact) mass is 364 g/mol. The average molecular weight is 364 g/mol. The zero-order valence-corrected chi connectivity index (χ0v) is 14.6. The molecule has 1 saturated heterocycles. The Balaban J connectivity index is 1.58. The largest absolute Gasteiger partial charge is 0.374 e. The Morgan fingerprint density at radius 2 is 2.16 bits per heavy atom. The van der Waals surface area contributed by atoms with Crippen LogP contribution in [-0.2, 0) is 14.8 Å². The SMILES string of the molecule is CS(=O)(=O)N1CCO[C@@H](CNC(=O)Nc2cccc3cccnc23)C1. The van der Waals surface area contributed by atoms with Gasteiger partial charge in [0.2, 0.25) is 10.0 Å². The molecule has 0 unspecified atom stereocenters. The molecule has 1 fully saturated rings. The van der Waals surface area contributed by atoms with E-state index in [1.165, 1.54) is 10.6 Å². The molecule has 134 valence electrons. The van der Waals surface area contributed by atoms with Crippen LogP contribution in [0.4, 0.5) is 10.5 Å². The number of pyridine rings is 1. The predicted molar refractivity (Wildman–Crippen MR) is 94.9 cm³/mol. The molecule has 8 nitrogen and oxygen atoms in total. The Bertz CT molecular complexity index is 866. The van der Waals surface area contributed by atoms with Gasteiger partial charge in [0.25, 0.3) is 0 Å². The minimum absolute atomic E-state index is 0.218. The van der Waals surface area contributed by atoms with Crippen LogP contribution in [0.25, 0.3) is 10.9 Å². The van der Waals surface area contributed by atoms with Gasteiger partial charge in [-0.05, 0) is 12.1 Å². The van der Waals surface area contributed by atoms with E-state index in [0.29, 0.717) is 24.4 Å². The van der Waals surface area contributed by atoms with Crippen molar-refractivity contribution < 1.29 is 17.9 Å². The molecule has 1 aromatic heterocycles. The molecule has 25 heavy (non-hydrogen) atoms. The summed E-state index contributed by atoms with van der Waals surface area (Å²) in [5.41, 5.74) is 1.32. The van der Waals surface area contributed by atoms with Gasteiger partial charge in [-0.1, -0.05) is 18.2 Å². The number of morpholine rings is 1. The lowest BCUT2D eigenvalue weighted by atomic mass is 10.2. The number of sulfonamides is 1. The fraction of sp³-hybridized carbons (Fsp3) is 0.375. The van der Waals surface area contributed by atoms with Crippen molar-refractivity contribution in [1.29, 1.82) is 0 Å². The van der Waals surface area contributed by atoms with Crippen molar-refractivity contribution in [3.8, 4) is 0 Å². The van der Waals surface area contributed by atoms with E-state index < -0.39 is 16.1 Å². The maximum atomic E-state index is 12.1. The number of hydrogen-bond donors (Lipinski definition) is 2. The topological polar surface area (TPSA) is 101 Å². The number of urea groups is 1. The summed E-state index contributed by atoms with van der Waals surface area (Å²) >= 11 is 0. The van der Waals surface area contributed by atoms with E-state index in [4.69, 9.17) is 4.74 Å². The van der Waals surface area contributed by atoms with Gasteiger partial charge in [-0.3, -0.25) is 4.98 Å². The molecular formula is C16H20N4O4S. The van der Waals surface area contributed by atoms with Crippen LogP contribution in [0.15, 0.2) is 36.5 Å². The third-order valence-corrected chi connectivity index (χ3v) is 5.21. The molecule has 9 heteroatoms. The molecule has 0 radical (unpaired) electrons. The van der Waals surface area contributed by atoms with Crippen molar-refractivity contribution in [2.75, 3.05) is 37.8 Å². The highest BCUT2D eigenvalue weighted by molar-refractivity contribution is 7.88. The van der Waals surface area contributed by atoms with Gasteiger partial charge in [-0.25, -0.2) is 13.2 Å². The van der Waals surface area contributed by atoms with E-state index in [9.17, 15) is 13.2 Å². The molecule has 1 atom stereocenters. The van der Waals surface area contributed by atoms with Gasteiger partial charge in [-0.15, -0.1) is 0 Å². The van der Waals surface area contributed by atoms with Crippen LogP contribution in [0, 0.1) is 0 Å². The highest BCUT2D eigenvalue weighted by Crippen LogP contribution is 2.20. The van der Waals surface area contributed by atoms with Gasteiger partial charge in [0, 0.05) is 31.2 Å². The number of hydrogen-bond acceptors (Lipinski definition) is 5. The van der Waals surface area contributed by atoms with Gasteiger partial charge in [0.1, 0.15) is 0 Å². The van der Waals surface area contributed by atoms with Crippen LogP contribution in [-0.4, -0.2) is 62.3 Å². The lowest BCUT2D eigenvalue weighted by Crippen LogP contribution is -2.49. The number of fused-ring (bicyclic) bond motifs is 1. The third kappa shape index (κ3) is 4.44. The van der Waals surface area contributed by atoms with Gasteiger partial charge in [0.05, 0.1) is 30.2 Å². The number of ether oxygens (including phenoxy) is 1. The summed E-state index contributed by atoms with van der Waals surface area (Å²) in [7, 11) is -3.25. The molecule has 0 saturated carbocycles. The predicted octanol–water partition coefficient (Wildman–Crippen LogP) is 1.02. The molecule has 2 N–H and O–H groups in total. The van der Waals surface area contributed by atoms with Crippen LogP contribution in [0.1, 0.15) is 0 Å². The molecule has 3 rings (SSSR count). The molecule has 1 aromatic carbocycles. The molecule has 0 spiro atoms. The van der Waals surface area contributed by atoms with Crippen LogP contribution >= 0.6 is 0 Å². The van der Waals surface area contributed by atoms with E-state index in [-0.39, 0.29) is 19.2 Å². The van der Waals surface area contributed by atoms with Crippen molar-refractivity contribution in [3.05, 3.63) is 36.5 Å². The minimum Gasteiger partial charge on any atom is -0.374 e. The number of aromatic nitrogens is 1. The molecule has 2 heterocycles. The molecule has 0 aliphatic carbocycles. The zero-order valence-electron chi connectivity index (χ0n) is 13.8. The maximum absolute atomic E-state index is 12.1. The van der Waals surface area contributed by atoms with E-state index in [2.05, 4.69) is 15.6 Å². The third-order valence-electron chi connectivity index (χ3n) is 3.94. The Morgan fingerprint density at radius 3 is 2.96 bits per heavy atom. The number of nitrogens with zero attached hydrogens (tertiary/aromatic N) is 2. The normalized spacial score (nSPS) is 18.8. The second kappa shape index (κ2) is 7.34. The number of carbonyl (C=O) groups excluding carboxylic acids is 1. The van der Waals surface area contributed by atoms with E-state index in [0.717, 1.165) is 5.39 Å². The van der Waals surface area contributed by atoms with Crippen LogP contribution in [0.5, 0.6) is 0 Å². The van der Waals surface area contributed by atoms with Crippen molar-refractivity contribution in [2.45, 2.75) is 6.10 Å². The molecular weight excluding hydrogens is 344 g/mol. The van der Waals surface area contributed by atoms with Crippen molar-refractivity contribution >= 4 is 32.6 Å². The van der Waals surface area contributed by atoms with Crippen LogP contribution in [0.3, 0.4) is 0 Å². The average Bonchev–Trinajstić information content (AvgIpc) is 2.60. The number of anilines is 1. The second-order valence-electron chi connectivity index (χ2n) is 5.83. The first-order valence-corrected chi connectivity index (χ1v) is 9.73. The molecule has 1 aliphatic heterocycles. The molecule has 1 aliphatic rings. The lowest BCUT2D eigenvalue weighted by Gasteiger charge is -2.31. The summed E-state index contributed by atoms with van der Waals surface area (Å²) in [4.78, 5) is 16.4. The van der Waals surface area contributed by atoms with Crippen LogP contribution in [0.2, 0.25) is 0 Å². The van der Waals surface area contributed by atoms with Gasteiger partial charge in [-0.2, -0.15) is 4.31 Å². The summed E-state index contributed by atoms with van der Waals surface area (Å²) in [6.45, 7) is 1.10. The van der Waals surface area contributed by atoms with Crippen molar-refractivity contribution in [1.82, 2.24) is 14.6 Å². The Labute approximate surface area is 146 Å². The van der Waals surface area contributed by atoms with Gasteiger partial charge < -0.3 is 15.4 Å². The summed E-state index contributed by atoms with van der Waals surface area (Å²) in [6, 6.07) is 8.89. The van der Waals surface area contributed by atoms with E-state index >= 15 is 0 Å². The fourth-order valence-electron chi connectivity index (χ4n) is 2.70. The Kier molecular flexibility index (Phi) is 5.16. The van der Waals surface area contributed by atoms with E-state index in [1.807, 2.05) is 24.3 Å². The first-order chi connectivity index (χ1) is 11.9. The van der Waals surface area contributed by atoms with Crippen molar-refractivity contribution in [3.63, 3.8) is 0 Å². The number of para-hydroxylation sites is 1. The number of carbonyl (C=O) groups is 1. The van der Waals surface area contributed by atoms with E-state index in [1.54, 1.807) is 12.3 Å². The standard InChI is InChI=1S/C16H20N4O4S/c1-25(22,23)20-8-9-24-13(11-20)10-18-16(21)19-14-6-2-4-12-5-3-7-17-15(12)14/h2-7,13H,8-11H2,1H3,(H2,18,19,21)/t13-/m0/s1. The summed E-state index contributed by atoms with van der Waals surface area (Å²) in [5.74, 6) is 0. The number of amides is 2. The van der Waals surface area contributed by atoms with Gasteiger partial charge >= 0.3 is 6.03 Å². The minimum atomic E-state index is -3.25. The molecule has 2 aromatic rings. The smallest absolute Gasteiger partial charge is 0.319 e. The van der Waals surface area contributed by atoms with Crippen molar-refractivity contribution in [2.24, 2.45) is 0 Å². The maximum Gasteiger partial charge on any atom is 0.319 e. The lowest BCUT2D eigenvalue weighted by molar-refractivity contribution is 0.00167. The summed E-state index contributed by atoms with van der Waals surface area (Å²) in [5, 5.41) is 6.41. The summed E-state index contributed by atoms with van der Waals surface area (Å²) in [6.07, 6.45) is 2.46. The second-order valence-corrected chi connectivity index (χ2v) is 7.81. The first kappa shape index (κ1) is 17.6. The van der Waals surface area contributed by atoms with Gasteiger partial charge in [0.15, 0.2) is 0 Å². The molecule has 2 amide bonds. The van der Waals surface area contributed by atoms with Crippen LogP contribution < -0.4 is 10.6 Å². The Morgan fingerprint density at radius 1 is 1.36 bits per heavy atom. The number of rotatable bonds is 4. The number of benzene rings is 1. The fourth-order valence-corrected chi connectivity index (χ4v) is 3.54. The number of nitrogens with one attached hydrogen (secondary N) is 2. The Hall–Kier alpha value is -2.23.